The van der Waals surface area contributed by atoms with Crippen LogP contribution >= 0.6 is 7.82 Å². The second-order valence-electron chi connectivity index (χ2n) is 5.34. The van der Waals surface area contributed by atoms with Crippen LogP contribution in [0.5, 0.6) is 5.75 Å². The zero-order chi connectivity index (χ0) is 17.8. The molecule has 8 heteroatoms. The molecule has 0 aliphatic carbocycles. The lowest BCUT2D eigenvalue weighted by molar-refractivity contribution is -0.216. The van der Waals surface area contributed by atoms with Crippen LogP contribution in [0.2, 0.25) is 0 Å². The molecule has 0 spiro atoms. The SMILES string of the molecule is CCCCCCCC(=O)NCCOP(=O)([O-])Oc1cccc(F)c1. The van der Waals surface area contributed by atoms with Crippen molar-refractivity contribution in [1.29, 1.82) is 0 Å². The maximum atomic E-state index is 12.9. The van der Waals surface area contributed by atoms with Gasteiger partial charge in [-0.15, -0.1) is 0 Å². The predicted octanol–water partition coefficient (Wildman–Crippen LogP) is 3.17. The van der Waals surface area contributed by atoms with E-state index in [1.54, 1.807) is 0 Å². The van der Waals surface area contributed by atoms with Crippen molar-refractivity contribution in [2.75, 3.05) is 13.2 Å². The molecule has 1 rings (SSSR count). The van der Waals surface area contributed by atoms with E-state index in [-0.39, 0.29) is 24.8 Å². The molecule has 1 aromatic rings. The zero-order valence-corrected chi connectivity index (χ0v) is 14.7. The Kier molecular flexibility index (Phi) is 9.60. The fraction of sp³-hybridized carbons (Fsp3) is 0.562. The Bertz CT molecular complexity index is 555. The minimum absolute atomic E-state index is 0.0620. The number of halogens is 1. The minimum Gasteiger partial charge on any atom is -0.746 e. The molecule has 1 unspecified atom stereocenters. The van der Waals surface area contributed by atoms with Crippen molar-refractivity contribution in [2.24, 2.45) is 0 Å². The van der Waals surface area contributed by atoms with E-state index in [9.17, 15) is 18.6 Å². The van der Waals surface area contributed by atoms with Crippen LogP contribution in [0.3, 0.4) is 0 Å². The first-order chi connectivity index (χ1) is 11.4. The van der Waals surface area contributed by atoms with Gasteiger partial charge in [0, 0.05) is 19.0 Å². The van der Waals surface area contributed by atoms with E-state index in [0.29, 0.717) is 6.42 Å². The number of unbranched alkanes of at least 4 members (excludes halogenated alkanes) is 4. The molecule has 1 amide bonds. The van der Waals surface area contributed by atoms with E-state index in [1.807, 2.05) is 0 Å². The molecule has 6 nitrogen and oxygen atoms in total. The van der Waals surface area contributed by atoms with Gasteiger partial charge in [-0.05, 0) is 18.6 Å². The van der Waals surface area contributed by atoms with Crippen molar-refractivity contribution in [3.8, 4) is 5.75 Å². The summed E-state index contributed by atoms with van der Waals surface area (Å²) in [6.07, 6.45) is 5.67. The lowest BCUT2D eigenvalue weighted by Crippen LogP contribution is -2.27. The van der Waals surface area contributed by atoms with Crippen LogP contribution in [-0.2, 0) is 13.9 Å². The summed E-state index contributed by atoms with van der Waals surface area (Å²) < 4.78 is 33.8. The highest BCUT2D eigenvalue weighted by Crippen LogP contribution is 2.39. The van der Waals surface area contributed by atoms with Gasteiger partial charge in [0.25, 0.3) is 0 Å². The summed E-state index contributed by atoms with van der Waals surface area (Å²) in [7, 11) is -4.60. The molecule has 0 aliphatic heterocycles. The molecule has 0 bridgehead atoms. The fourth-order valence-electron chi connectivity index (χ4n) is 2.00. The molecule has 0 radical (unpaired) electrons. The molecule has 1 N–H and O–H groups in total. The van der Waals surface area contributed by atoms with Crippen LogP contribution in [-0.4, -0.2) is 19.1 Å². The minimum atomic E-state index is -4.60. The quantitative estimate of drug-likeness (QED) is 0.457. The van der Waals surface area contributed by atoms with Crippen LogP contribution in [0.1, 0.15) is 45.4 Å². The van der Waals surface area contributed by atoms with Gasteiger partial charge in [0.15, 0.2) is 0 Å². The lowest BCUT2D eigenvalue weighted by atomic mass is 10.1. The Morgan fingerprint density at radius 2 is 2.04 bits per heavy atom. The Morgan fingerprint density at radius 3 is 2.75 bits per heavy atom. The summed E-state index contributed by atoms with van der Waals surface area (Å²) in [5, 5.41) is 2.58. The second-order valence-corrected chi connectivity index (χ2v) is 6.68. The average molecular weight is 360 g/mol. The number of benzene rings is 1. The average Bonchev–Trinajstić information content (AvgIpc) is 2.51. The first-order valence-corrected chi connectivity index (χ1v) is 9.56. The number of carbonyl (C=O) groups is 1. The molecular weight excluding hydrogens is 336 g/mol. The normalized spacial score (nSPS) is 13.3. The van der Waals surface area contributed by atoms with Crippen molar-refractivity contribution >= 4 is 13.7 Å². The van der Waals surface area contributed by atoms with E-state index in [2.05, 4.69) is 21.3 Å². The third-order valence-electron chi connectivity index (χ3n) is 3.19. The third kappa shape index (κ3) is 9.65. The number of phosphoric acid groups is 1. The van der Waals surface area contributed by atoms with Crippen molar-refractivity contribution in [3.63, 3.8) is 0 Å². The standard InChI is InChI=1S/C16H25FNO5P/c1-2-3-4-5-6-10-16(19)18-11-12-22-24(20,21)23-15-9-7-8-14(17)13-15/h7-9,13H,2-6,10-12H2,1H3,(H,18,19)(H,20,21)/p-1. The van der Waals surface area contributed by atoms with Gasteiger partial charge in [-0.25, -0.2) is 4.39 Å². The number of hydrogen-bond acceptors (Lipinski definition) is 5. The third-order valence-corrected chi connectivity index (χ3v) is 4.13. The number of hydrogen-bond donors (Lipinski definition) is 1. The molecule has 0 aromatic heterocycles. The van der Waals surface area contributed by atoms with Gasteiger partial charge >= 0.3 is 7.82 Å². The Labute approximate surface area is 142 Å². The molecule has 0 heterocycles. The topological polar surface area (TPSA) is 87.7 Å². The molecule has 1 atom stereocenters. The zero-order valence-electron chi connectivity index (χ0n) is 13.8. The van der Waals surface area contributed by atoms with E-state index in [4.69, 9.17) is 0 Å². The largest absolute Gasteiger partial charge is 0.746 e. The molecule has 0 saturated heterocycles. The number of rotatable bonds is 12. The van der Waals surface area contributed by atoms with Crippen LogP contribution < -0.4 is 14.7 Å². The highest BCUT2D eigenvalue weighted by molar-refractivity contribution is 7.46. The van der Waals surface area contributed by atoms with Crippen LogP contribution in [0, 0.1) is 5.82 Å². The highest BCUT2D eigenvalue weighted by atomic mass is 31.2. The monoisotopic (exact) mass is 360 g/mol. The van der Waals surface area contributed by atoms with Gasteiger partial charge in [-0.2, -0.15) is 0 Å². The van der Waals surface area contributed by atoms with Crippen LogP contribution in [0.4, 0.5) is 4.39 Å². The predicted molar refractivity (Wildman–Crippen MR) is 87.0 cm³/mol. The number of phosphoric ester groups is 1. The highest BCUT2D eigenvalue weighted by Gasteiger charge is 2.12. The number of carbonyl (C=O) groups excluding carboxylic acids is 1. The molecular formula is C16H24FNO5P-. The molecule has 0 fully saturated rings. The van der Waals surface area contributed by atoms with E-state index in [0.717, 1.165) is 31.7 Å². The maximum absolute atomic E-state index is 12.9. The van der Waals surface area contributed by atoms with Crippen LogP contribution in [0.15, 0.2) is 24.3 Å². The first kappa shape index (κ1) is 20.6. The summed E-state index contributed by atoms with van der Waals surface area (Å²) >= 11 is 0. The van der Waals surface area contributed by atoms with Crippen molar-refractivity contribution in [1.82, 2.24) is 5.32 Å². The molecule has 0 aliphatic rings. The number of amides is 1. The summed E-state index contributed by atoms with van der Waals surface area (Å²) in [5.74, 6) is -0.912. The van der Waals surface area contributed by atoms with Gasteiger partial charge in [0.05, 0.1) is 6.61 Å². The molecule has 24 heavy (non-hydrogen) atoms. The van der Waals surface area contributed by atoms with Crippen molar-refractivity contribution in [3.05, 3.63) is 30.1 Å². The van der Waals surface area contributed by atoms with E-state index < -0.39 is 13.6 Å². The lowest BCUT2D eigenvalue weighted by Gasteiger charge is -2.23. The van der Waals surface area contributed by atoms with Gasteiger partial charge < -0.3 is 19.3 Å². The fourth-order valence-corrected chi connectivity index (χ4v) is 2.74. The van der Waals surface area contributed by atoms with Crippen molar-refractivity contribution in [2.45, 2.75) is 45.4 Å². The van der Waals surface area contributed by atoms with Gasteiger partial charge in [0.2, 0.25) is 5.91 Å². The summed E-state index contributed by atoms with van der Waals surface area (Å²) in [6, 6.07) is 4.73. The van der Waals surface area contributed by atoms with E-state index >= 15 is 0 Å². The van der Waals surface area contributed by atoms with Crippen LogP contribution in [0.25, 0.3) is 0 Å². The Balaban J connectivity index is 2.17. The molecule has 136 valence electrons. The van der Waals surface area contributed by atoms with E-state index in [1.165, 1.54) is 24.6 Å². The second kappa shape index (κ2) is 11.2. The van der Waals surface area contributed by atoms with Gasteiger partial charge in [-0.3, -0.25) is 9.36 Å². The molecule has 1 aromatic carbocycles. The molecule has 0 saturated carbocycles. The first-order valence-electron chi connectivity index (χ1n) is 8.10. The van der Waals surface area contributed by atoms with Gasteiger partial charge in [-0.1, -0.05) is 38.7 Å². The smallest absolute Gasteiger partial charge is 0.319 e. The number of nitrogens with one attached hydrogen (secondary N) is 1. The summed E-state index contributed by atoms with van der Waals surface area (Å²) in [6.45, 7) is 1.95. The Morgan fingerprint density at radius 1 is 1.29 bits per heavy atom. The van der Waals surface area contributed by atoms with Gasteiger partial charge in [0.1, 0.15) is 11.6 Å². The maximum Gasteiger partial charge on any atom is 0.319 e. The van der Waals surface area contributed by atoms with Crippen molar-refractivity contribution < 1.29 is 27.7 Å². The summed E-state index contributed by atoms with van der Waals surface area (Å²) in [5.41, 5.74) is 0. The Hall–Kier alpha value is -1.43. The summed E-state index contributed by atoms with van der Waals surface area (Å²) in [4.78, 5) is 23.1.